The number of hydrogen-bond donors (Lipinski definition) is 0. The first kappa shape index (κ1) is 16.6. The summed E-state index contributed by atoms with van der Waals surface area (Å²) in [6, 6.07) is 3.53. The molecule has 1 atom stereocenters. The minimum atomic E-state index is -1.56. The molecule has 0 bridgehead atoms. The van der Waals surface area contributed by atoms with E-state index in [4.69, 9.17) is 4.43 Å². The monoisotopic (exact) mass is 284 g/mol. The average molecular weight is 284 g/mol. The van der Waals surface area contributed by atoms with Crippen molar-refractivity contribution >= 4 is 8.32 Å². The molecule has 1 aliphatic rings. The second-order valence-corrected chi connectivity index (χ2v) is 10.3. The molecule has 0 aromatic rings. The lowest BCUT2D eigenvalue weighted by molar-refractivity contribution is 0.228. The third kappa shape index (κ3) is 3.79. The molecule has 110 valence electrons. The van der Waals surface area contributed by atoms with Crippen LogP contribution < -0.4 is 0 Å². The summed E-state index contributed by atoms with van der Waals surface area (Å²) in [5.41, 5.74) is 3.75. The maximum absolute atomic E-state index is 12.4. The van der Waals surface area contributed by atoms with E-state index in [2.05, 4.69) is 34.3 Å². The lowest BCUT2D eigenvalue weighted by Gasteiger charge is -2.32. The molecule has 0 saturated carbocycles. The van der Waals surface area contributed by atoms with Crippen molar-refractivity contribution in [2.75, 3.05) is 6.67 Å². The van der Waals surface area contributed by atoms with Crippen molar-refractivity contribution in [3.63, 3.8) is 0 Å². The van der Waals surface area contributed by atoms with Gasteiger partial charge in [-0.3, -0.25) is 4.39 Å². The van der Waals surface area contributed by atoms with Gasteiger partial charge in [0.2, 0.25) is 0 Å². The van der Waals surface area contributed by atoms with Crippen LogP contribution >= 0.6 is 0 Å². The quantitative estimate of drug-likeness (QED) is 0.542. The van der Waals surface area contributed by atoms with E-state index in [-0.39, 0.29) is 12.8 Å². The zero-order valence-corrected chi connectivity index (χ0v) is 14.0. The van der Waals surface area contributed by atoms with Crippen LogP contribution in [0.25, 0.3) is 0 Å². The summed E-state index contributed by atoms with van der Waals surface area (Å²) in [4.78, 5) is 0. The molecule has 0 saturated heterocycles. The predicted octanol–water partition coefficient (Wildman–Crippen LogP) is 5.40. The summed E-state index contributed by atoms with van der Waals surface area (Å²) in [5.74, 6) is 0. The third-order valence-electron chi connectivity index (χ3n) is 4.70. The highest BCUT2D eigenvalue weighted by Gasteiger charge is 2.35. The molecule has 3 heteroatoms. The van der Waals surface area contributed by atoms with Crippen LogP contribution in [0.15, 0.2) is 23.3 Å². The molecule has 19 heavy (non-hydrogen) atoms. The summed E-state index contributed by atoms with van der Waals surface area (Å²) in [6.07, 6.45) is 2.56. The van der Waals surface area contributed by atoms with E-state index >= 15 is 0 Å². The topological polar surface area (TPSA) is 9.23 Å². The van der Waals surface area contributed by atoms with Crippen molar-refractivity contribution in [1.82, 2.24) is 0 Å². The standard InChI is InChI=1S/C16H29FOSi/c1-6-19(7-2,8-3)18-16-12-13(4)15(14(16)5)10-9-11-17/h16H,4,6-12H2,1-3,5H3/t16-/m0/s1. The molecule has 0 aromatic carbocycles. The maximum Gasteiger partial charge on any atom is 0.192 e. The zero-order valence-electron chi connectivity index (χ0n) is 13.0. The second kappa shape index (κ2) is 7.39. The Labute approximate surface area is 119 Å². The highest BCUT2D eigenvalue weighted by molar-refractivity contribution is 6.73. The summed E-state index contributed by atoms with van der Waals surface area (Å²) < 4.78 is 18.9. The van der Waals surface area contributed by atoms with Crippen molar-refractivity contribution in [3.8, 4) is 0 Å². The summed E-state index contributed by atoms with van der Waals surface area (Å²) >= 11 is 0. The van der Waals surface area contributed by atoms with Crippen LogP contribution in [0.3, 0.4) is 0 Å². The number of alkyl halides is 1. The highest BCUT2D eigenvalue weighted by Crippen LogP contribution is 2.38. The maximum atomic E-state index is 12.4. The van der Waals surface area contributed by atoms with Gasteiger partial charge in [0, 0.05) is 6.42 Å². The molecule has 0 aromatic heterocycles. The van der Waals surface area contributed by atoms with Crippen molar-refractivity contribution in [2.24, 2.45) is 0 Å². The summed E-state index contributed by atoms with van der Waals surface area (Å²) in [7, 11) is -1.56. The van der Waals surface area contributed by atoms with Gasteiger partial charge in [0.15, 0.2) is 8.32 Å². The average Bonchev–Trinajstić information content (AvgIpc) is 2.69. The van der Waals surface area contributed by atoms with Gasteiger partial charge in [-0.25, -0.2) is 0 Å². The minimum Gasteiger partial charge on any atom is -0.410 e. The molecule has 0 aliphatic heterocycles. The smallest absolute Gasteiger partial charge is 0.192 e. The van der Waals surface area contributed by atoms with Crippen molar-refractivity contribution < 1.29 is 8.82 Å². The van der Waals surface area contributed by atoms with Crippen molar-refractivity contribution in [3.05, 3.63) is 23.3 Å². The molecular weight excluding hydrogens is 255 g/mol. The van der Waals surface area contributed by atoms with Crippen LogP contribution in [0.2, 0.25) is 18.1 Å². The molecule has 0 radical (unpaired) electrons. The van der Waals surface area contributed by atoms with Gasteiger partial charge in [0.05, 0.1) is 12.8 Å². The number of allylic oxidation sites excluding steroid dienone is 1. The van der Waals surface area contributed by atoms with E-state index in [1.807, 2.05) is 0 Å². The minimum absolute atomic E-state index is 0.216. The molecule has 0 heterocycles. The van der Waals surface area contributed by atoms with Crippen LogP contribution in [0.5, 0.6) is 0 Å². The Bertz CT molecular complexity index is 336. The third-order valence-corrected chi connectivity index (χ3v) is 9.35. The SMILES string of the molecule is C=C1C[C@H](O[Si](CC)(CC)CC)C(C)=C1CCCF. The number of halogens is 1. The van der Waals surface area contributed by atoms with Gasteiger partial charge >= 0.3 is 0 Å². The summed E-state index contributed by atoms with van der Waals surface area (Å²) in [5, 5.41) is 0. The molecular formula is C16H29FOSi. The van der Waals surface area contributed by atoms with E-state index in [0.29, 0.717) is 6.42 Å². The molecule has 0 spiro atoms. The van der Waals surface area contributed by atoms with Crippen molar-refractivity contribution in [2.45, 2.75) is 71.2 Å². The van der Waals surface area contributed by atoms with Gasteiger partial charge in [-0.15, -0.1) is 0 Å². The van der Waals surface area contributed by atoms with Crippen LogP contribution in [0, 0.1) is 0 Å². The molecule has 0 unspecified atom stereocenters. The van der Waals surface area contributed by atoms with E-state index in [1.165, 1.54) is 34.9 Å². The lowest BCUT2D eigenvalue weighted by Crippen LogP contribution is -2.39. The van der Waals surface area contributed by atoms with Gasteiger partial charge in [-0.1, -0.05) is 27.4 Å². The second-order valence-electron chi connectivity index (χ2n) is 5.61. The Hall–Kier alpha value is -0.413. The molecule has 0 fully saturated rings. The Morgan fingerprint density at radius 1 is 1.26 bits per heavy atom. The first-order valence-corrected chi connectivity index (χ1v) is 10.2. The van der Waals surface area contributed by atoms with Gasteiger partial charge < -0.3 is 4.43 Å². The van der Waals surface area contributed by atoms with E-state index in [1.54, 1.807) is 0 Å². The van der Waals surface area contributed by atoms with Crippen molar-refractivity contribution in [1.29, 1.82) is 0 Å². The molecule has 0 amide bonds. The lowest BCUT2D eigenvalue weighted by atomic mass is 10.0. The van der Waals surface area contributed by atoms with Gasteiger partial charge in [-0.2, -0.15) is 0 Å². The fraction of sp³-hybridized carbons (Fsp3) is 0.750. The van der Waals surface area contributed by atoms with E-state index < -0.39 is 8.32 Å². The molecule has 1 aliphatic carbocycles. The van der Waals surface area contributed by atoms with E-state index in [0.717, 1.165) is 12.8 Å². The zero-order chi connectivity index (χ0) is 14.5. The van der Waals surface area contributed by atoms with Crippen LogP contribution in [0.4, 0.5) is 4.39 Å². The van der Waals surface area contributed by atoms with Crippen LogP contribution in [-0.2, 0) is 4.43 Å². The van der Waals surface area contributed by atoms with Crippen LogP contribution in [0.1, 0.15) is 47.0 Å². The van der Waals surface area contributed by atoms with E-state index in [9.17, 15) is 4.39 Å². The molecule has 1 rings (SSSR count). The Balaban J connectivity index is 2.80. The fourth-order valence-corrected chi connectivity index (χ4v) is 5.89. The summed E-state index contributed by atoms with van der Waals surface area (Å²) in [6.45, 7) is 12.8. The van der Waals surface area contributed by atoms with Crippen LogP contribution in [-0.4, -0.2) is 21.1 Å². The highest BCUT2D eigenvalue weighted by atomic mass is 28.4. The molecule has 1 nitrogen and oxygen atoms in total. The predicted molar refractivity (Wildman–Crippen MR) is 83.7 cm³/mol. The Morgan fingerprint density at radius 2 is 1.84 bits per heavy atom. The van der Waals surface area contributed by atoms with Gasteiger partial charge in [-0.05, 0) is 54.6 Å². The largest absolute Gasteiger partial charge is 0.410 e. The Morgan fingerprint density at radius 3 is 2.32 bits per heavy atom. The first-order chi connectivity index (χ1) is 9.03. The van der Waals surface area contributed by atoms with Gasteiger partial charge in [0.25, 0.3) is 0 Å². The normalized spacial score (nSPS) is 20.5. The van der Waals surface area contributed by atoms with Gasteiger partial charge in [0.1, 0.15) is 0 Å². The number of rotatable bonds is 8. The number of hydrogen-bond acceptors (Lipinski definition) is 1. The Kier molecular flexibility index (Phi) is 6.47. The molecule has 0 N–H and O–H groups in total. The first-order valence-electron chi connectivity index (χ1n) is 7.65. The fourth-order valence-electron chi connectivity index (χ4n) is 3.02.